The maximum Gasteiger partial charge on any atom is 0.0671 e. The van der Waals surface area contributed by atoms with Crippen molar-refractivity contribution in [1.82, 2.24) is 0 Å². The van der Waals surface area contributed by atoms with Crippen LogP contribution in [0, 0.1) is 24.3 Å². The topological polar surface area (TPSA) is 0 Å². The van der Waals surface area contributed by atoms with Crippen LogP contribution in [-0.4, -0.2) is 25.6 Å². The van der Waals surface area contributed by atoms with Gasteiger partial charge in [0.05, 0.1) is 27.7 Å². The van der Waals surface area contributed by atoms with Crippen LogP contribution in [0.5, 0.6) is 0 Å². The molecular formula is C14H16FeN-5. The minimum absolute atomic E-state index is 0. The van der Waals surface area contributed by atoms with E-state index in [0.29, 0.717) is 0 Å². The van der Waals surface area contributed by atoms with Crippen LogP contribution in [-0.2, 0) is 23.6 Å². The Bertz CT molecular complexity index is 310. The zero-order valence-electron chi connectivity index (χ0n) is 9.89. The largest absolute Gasteiger partial charge is 0.999 e. The van der Waals surface area contributed by atoms with E-state index in [0.717, 1.165) is 11.0 Å². The number of rotatable bonds is 2. The van der Waals surface area contributed by atoms with Gasteiger partial charge in [-0.25, -0.2) is 12.1 Å². The van der Waals surface area contributed by atoms with E-state index in [4.69, 9.17) is 0 Å². The van der Waals surface area contributed by atoms with Gasteiger partial charge in [-0.15, -0.1) is 5.56 Å². The van der Waals surface area contributed by atoms with Gasteiger partial charge in [-0.2, -0.15) is 12.1 Å². The number of hydrogen-bond donors (Lipinski definition) is 0. The molecule has 0 spiro atoms. The Hall–Kier alpha value is -0.821. The van der Waals surface area contributed by atoms with Gasteiger partial charge >= 0.3 is 0 Å². The van der Waals surface area contributed by atoms with Gasteiger partial charge in [0.15, 0.2) is 0 Å². The first-order chi connectivity index (χ1) is 7.08. The molecule has 1 nitrogen and oxygen atoms in total. The van der Waals surface area contributed by atoms with Gasteiger partial charge in [-0.3, -0.25) is 0 Å². The molecule has 0 aliphatic heterocycles. The molecule has 0 amide bonds. The monoisotopic (exact) mass is 254 g/mol. The molecule has 0 atom stereocenters. The second kappa shape index (κ2) is 7.45. The summed E-state index contributed by atoms with van der Waals surface area (Å²) in [5, 5.41) is 0. The number of nitrogens with zero attached hydrogens (tertiary/aromatic N) is 1. The number of quaternary nitrogens is 1. The summed E-state index contributed by atoms with van der Waals surface area (Å²) in [7, 11) is 6.60. The van der Waals surface area contributed by atoms with E-state index < -0.39 is 0 Å². The van der Waals surface area contributed by atoms with E-state index in [-0.39, 0.29) is 17.1 Å². The molecule has 0 fully saturated rings. The molecule has 0 aliphatic carbocycles. The first-order valence-electron chi connectivity index (χ1n) is 4.92. The molecule has 2 rings (SSSR count). The summed E-state index contributed by atoms with van der Waals surface area (Å²) in [6.45, 7) is 1.12. The van der Waals surface area contributed by atoms with E-state index >= 15 is 0 Å². The molecule has 0 aliphatic rings. The van der Waals surface area contributed by atoms with Crippen molar-refractivity contribution in [1.29, 1.82) is 0 Å². The van der Waals surface area contributed by atoms with Gasteiger partial charge in [-0.1, -0.05) is 0 Å². The van der Waals surface area contributed by atoms with Crippen LogP contribution in [0.25, 0.3) is 0 Å². The fraction of sp³-hybridized carbons (Fsp3) is 0.286. The van der Waals surface area contributed by atoms with Crippen LogP contribution in [0.2, 0.25) is 0 Å². The zero-order chi connectivity index (χ0) is 11.1. The van der Waals surface area contributed by atoms with Crippen molar-refractivity contribution in [3.8, 4) is 0 Å². The molecule has 0 aromatic heterocycles. The Morgan fingerprint density at radius 3 is 1.88 bits per heavy atom. The SMILES string of the molecule is C[N+](C)(C)C[c-]1cccc1.[Fe].[c-]1[c-][c-][cH-][c-]1. The molecule has 0 bridgehead atoms. The molecule has 0 heterocycles. The summed E-state index contributed by atoms with van der Waals surface area (Å²) in [6, 6.07) is 20.5. The smallest absolute Gasteiger partial charge is 0.0671 e. The van der Waals surface area contributed by atoms with Gasteiger partial charge in [0, 0.05) is 17.1 Å². The third kappa shape index (κ3) is 7.47. The van der Waals surface area contributed by atoms with Crippen LogP contribution in [0.15, 0.2) is 30.3 Å². The molecule has 0 unspecified atom stereocenters. The van der Waals surface area contributed by atoms with Crippen molar-refractivity contribution in [2.24, 2.45) is 0 Å². The van der Waals surface area contributed by atoms with Crippen molar-refractivity contribution in [2.75, 3.05) is 21.1 Å². The molecule has 0 saturated carbocycles. The maximum absolute atomic E-state index is 2.62. The molecule has 0 saturated heterocycles. The van der Waals surface area contributed by atoms with E-state index in [9.17, 15) is 0 Å². The van der Waals surface area contributed by atoms with Crippen molar-refractivity contribution in [2.45, 2.75) is 6.54 Å². The molecule has 2 aromatic rings. The zero-order valence-corrected chi connectivity index (χ0v) is 11.0. The molecule has 0 N–H and O–H groups in total. The van der Waals surface area contributed by atoms with Crippen molar-refractivity contribution < 1.29 is 21.6 Å². The molecule has 16 heavy (non-hydrogen) atoms. The quantitative estimate of drug-likeness (QED) is 0.438. The van der Waals surface area contributed by atoms with Gasteiger partial charge < -0.3 is 34.8 Å². The van der Waals surface area contributed by atoms with Crippen LogP contribution in [0.3, 0.4) is 0 Å². The Kier molecular flexibility index (Phi) is 7.07. The van der Waals surface area contributed by atoms with E-state index in [2.05, 4.69) is 69.7 Å². The first-order valence-corrected chi connectivity index (χ1v) is 4.92. The predicted molar refractivity (Wildman–Crippen MR) is 61.2 cm³/mol. The Balaban J connectivity index is 0.000000318. The summed E-state index contributed by atoms with van der Waals surface area (Å²) >= 11 is 0. The van der Waals surface area contributed by atoms with E-state index in [1.54, 1.807) is 6.07 Å². The standard InChI is InChI=1S/C9H15N.C5H.Fe/c1-10(2,3)8-9-6-4-5-7-9;1-2-4-5-3-1;/h4-7H,8H2,1-3H3;1H;/q;-5;. The Morgan fingerprint density at radius 1 is 1.06 bits per heavy atom. The predicted octanol–water partition coefficient (Wildman–Crippen LogP) is 2.22. The average molecular weight is 254 g/mol. The summed E-state index contributed by atoms with van der Waals surface area (Å²) in [5.41, 5.74) is 1.42. The van der Waals surface area contributed by atoms with Crippen LogP contribution < -0.4 is 0 Å². The van der Waals surface area contributed by atoms with Crippen LogP contribution in [0.4, 0.5) is 0 Å². The minimum Gasteiger partial charge on any atom is -0.999 e. The van der Waals surface area contributed by atoms with Gasteiger partial charge in [0.2, 0.25) is 0 Å². The van der Waals surface area contributed by atoms with Gasteiger partial charge in [-0.05, 0) is 0 Å². The second-order valence-corrected chi connectivity index (χ2v) is 4.42. The maximum atomic E-state index is 2.62. The number of hydrogen-bond acceptors (Lipinski definition) is 0. The van der Waals surface area contributed by atoms with Crippen molar-refractivity contribution in [3.05, 3.63) is 60.2 Å². The van der Waals surface area contributed by atoms with Crippen molar-refractivity contribution >= 4 is 0 Å². The van der Waals surface area contributed by atoms with E-state index in [1.807, 2.05) is 0 Å². The minimum atomic E-state index is 0. The third-order valence-corrected chi connectivity index (χ3v) is 1.74. The summed E-state index contributed by atoms with van der Waals surface area (Å²) in [5.74, 6) is 0. The molecule has 2 heteroatoms. The first kappa shape index (κ1) is 15.2. The average Bonchev–Trinajstić information content (AvgIpc) is 2.71. The van der Waals surface area contributed by atoms with Gasteiger partial charge in [0.25, 0.3) is 0 Å². The normalized spacial score (nSPS) is 9.94. The summed E-state index contributed by atoms with van der Waals surface area (Å²) in [6.07, 6.45) is 0. The fourth-order valence-corrected chi connectivity index (χ4v) is 1.25. The Morgan fingerprint density at radius 2 is 1.56 bits per heavy atom. The molecular weight excluding hydrogens is 238 g/mol. The third-order valence-electron chi connectivity index (χ3n) is 1.74. The fourth-order valence-electron chi connectivity index (χ4n) is 1.25. The summed E-state index contributed by atoms with van der Waals surface area (Å²) in [4.78, 5) is 0. The molecule has 0 radical (unpaired) electrons. The summed E-state index contributed by atoms with van der Waals surface area (Å²) < 4.78 is 1.00. The molecule has 2 aromatic carbocycles. The van der Waals surface area contributed by atoms with E-state index in [1.165, 1.54) is 5.56 Å². The van der Waals surface area contributed by atoms with Crippen LogP contribution >= 0.6 is 0 Å². The molecule has 90 valence electrons. The Labute approximate surface area is 109 Å². The van der Waals surface area contributed by atoms with Crippen molar-refractivity contribution in [3.63, 3.8) is 0 Å². The second-order valence-electron chi connectivity index (χ2n) is 4.42. The van der Waals surface area contributed by atoms with Crippen LogP contribution in [0.1, 0.15) is 5.56 Å². The van der Waals surface area contributed by atoms with Gasteiger partial charge in [0.1, 0.15) is 0 Å².